The Kier molecular flexibility index (Phi) is 19.6. The second-order valence-electron chi connectivity index (χ2n) is 4.98. The van der Waals surface area contributed by atoms with E-state index < -0.39 is 7.82 Å². The third kappa shape index (κ3) is 18.3. The number of phosphoric ester groups is 1. The Morgan fingerprint density at radius 1 is 1.05 bits per heavy atom. The second-order valence-corrected chi connectivity index (χ2v) is 7.12. The summed E-state index contributed by atoms with van der Waals surface area (Å²) in [6, 6.07) is 0. The summed E-state index contributed by atoms with van der Waals surface area (Å²) in [4.78, 5) is 1.96. The first-order valence-corrected chi connectivity index (χ1v) is 10.2. The minimum absolute atomic E-state index is 0.350. The maximum absolute atomic E-state index is 12.3. The highest BCUT2D eigenvalue weighted by molar-refractivity contribution is 7.48. The van der Waals surface area contributed by atoms with E-state index in [1.54, 1.807) is 0 Å². The summed E-state index contributed by atoms with van der Waals surface area (Å²) < 4.78 is 28.1. The lowest BCUT2D eigenvalue weighted by atomic mass is 10.4. The van der Waals surface area contributed by atoms with Crippen LogP contribution in [0.4, 0.5) is 0 Å². The van der Waals surface area contributed by atoms with E-state index in [0.717, 1.165) is 31.8 Å². The smallest absolute Gasteiger partial charge is 0.307 e. The number of unbranched alkanes of at least 4 members (excludes halogenated alkanes) is 2. The zero-order valence-electron chi connectivity index (χ0n) is 14.8. The predicted octanol–water partition coefficient (Wildman–Crippen LogP) is 4.35. The van der Waals surface area contributed by atoms with E-state index in [4.69, 9.17) is 13.6 Å². The lowest BCUT2D eigenvalue weighted by Crippen LogP contribution is -2.18. The third-order valence-corrected chi connectivity index (χ3v) is 4.28. The summed E-state index contributed by atoms with van der Waals surface area (Å²) in [6.07, 6.45) is 6.54. The molecule has 0 aliphatic heterocycles. The summed E-state index contributed by atoms with van der Waals surface area (Å²) >= 11 is 0. The molecule has 0 aromatic heterocycles. The van der Waals surface area contributed by atoms with Crippen molar-refractivity contribution in [1.29, 1.82) is 0 Å². The Bertz CT molecular complexity index is 275. The summed E-state index contributed by atoms with van der Waals surface area (Å²) in [5.41, 5.74) is 0. The first kappa shape index (κ1) is 24.5. The summed E-state index contributed by atoms with van der Waals surface area (Å²) in [5.74, 6) is 0. The number of rotatable bonds is 13. The van der Waals surface area contributed by atoms with Gasteiger partial charge in [-0.2, -0.15) is 0 Å². The van der Waals surface area contributed by atoms with Gasteiger partial charge in [0.1, 0.15) is 0 Å². The molecule has 0 rings (SSSR count). The van der Waals surface area contributed by atoms with Gasteiger partial charge in [-0.15, -0.1) is 15.8 Å². The van der Waals surface area contributed by atoms with E-state index >= 15 is 0 Å². The van der Waals surface area contributed by atoms with Gasteiger partial charge in [-0.05, 0) is 33.1 Å². The molecule has 0 N–H and O–H groups in total. The molecule has 0 bridgehead atoms. The van der Waals surface area contributed by atoms with Gasteiger partial charge < -0.3 is 4.90 Å². The Morgan fingerprint density at radius 3 is 1.77 bits per heavy atom. The van der Waals surface area contributed by atoms with Crippen molar-refractivity contribution in [3.05, 3.63) is 12.7 Å². The van der Waals surface area contributed by atoms with Crippen molar-refractivity contribution in [1.82, 2.24) is 4.90 Å². The second kappa shape index (κ2) is 17.6. The van der Waals surface area contributed by atoms with Crippen molar-refractivity contribution in [2.24, 2.45) is 0 Å². The standard InChI is InChI=1S/C12H28NO4P.C3H7P/c1-5-7-10-15-18(14,16-11-8-6-2)17-12-9-13(3)4;1-2-3-4/h5-12H2,1-4H3;2H,1,3-4H2. The molecule has 0 aliphatic carbocycles. The van der Waals surface area contributed by atoms with Crippen LogP contribution in [0.2, 0.25) is 0 Å². The molecule has 22 heavy (non-hydrogen) atoms. The van der Waals surface area contributed by atoms with E-state index in [1.165, 1.54) is 0 Å². The Morgan fingerprint density at radius 2 is 1.45 bits per heavy atom. The average molecular weight is 355 g/mol. The molecule has 0 saturated carbocycles. The van der Waals surface area contributed by atoms with Crippen molar-refractivity contribution in [2.75, 3.05) is 46.6 Å². The highest BCUT2D eigenvalue weighted by Gasteiger charge is 2.26. The first-order chi connectivity index (χ1) is 10.5. The Balaban J connectivity index is 0. The molecule has 1 atom stereocenters. The molecule has 1 unspecified atom stereocenters. The molecule has 0 heterocycles. The van der Waals surface area contributed by atoms with Gasteiger partial charge in [0.05, 0.1) is 19.8 Å². The maximum Gasteiger partial charge on any atom is 0.474 e. The monoisotopic (exact) mass is 355 g/mol. The van der Waals surface area contributed by atoms with E-state index in [2.05, 4.69) is 29.7 Å². The van der Waals surface area contributed by atoms with Gasteiger partial charge >= 0.3 is 7.82 Å². The van der Waals surface area contributed by atoms with E-state index in [1.807, 2.05) is 25.1 Å². The number of allylic oxidation sites excluding steroid dienone is 1. The molecular weight excluding hydrogens is 320 g/mol. The van der Waals surface area contributed by atoms with Crippen molar-refractivity contribution in [2.45, 2.75) is 39.5 Å². The first-order valence-electron chi connectivity index (χ1n) is 7.95. The van der Waals surface area contributed by atoms with E-state index in [0.29, 0.717) is 26.4 Å². The molecule has 0 spiro atoms. The normalized spacial score (nSPS) is 11.2. The van der Waals surface area contributed by atoms with Crippen LogP contribution in [0, 0.1) is 0 Å². The lowest BCUT2D eigenvalue weighted by Gasteiger charge is -2.19. The van der Waals surface area contributed by atoms with Crippen LogP contribution in [0.5, 0.6) is 0 Å². The quantitative estimate of drug-likeness (QED) is 0.279. The van der Waals surface area contributed by atoms with Crippen molar-refractivity contribution in [3.8, 4) is 0 Å². The fourth-order valence-electron chi connectivity index (χ4n) is 1.09. The molecular formula is C15H35NO4P2. The van der Waals surface area contributed by atoms with Crippen LogP contribution in [0.1, 0.15) is 39.5 Å². The summed E-state index contributed by atoms with van der Waals surface area (Å²) in [7, 11) is 3.04. The number of hydrogen-bond acceptors (Lipinski definition) is 5. The largest absolute Gasteiger partial charge is 0.474 e. The Hall–Kier alpha value is 0.240. The van der Waals surface area contributed by atoms with Crippen LogP contribution in [0.3, 0.4) is 0 Å². The lowest BCUT2D eigenvalue weighted by molar-refractivity contribution is 0.105. The van der Waals surface area contributed by atoms with E-state index in [9.17, 15) is 4.57 Å². The molecule has 7 heteroatoms. The minimum atomic E-state index is -3.36. The molecule has 0 saturated heterocycles. The van der Waals surface area contributed by atoms with Gasteiger partial charge in [-0.25, -0.2) is 4.57 Å². The SMILES string of the molecule is C=CCP.CCCCOP(=O)(OCCCC)OCCN(C)C. The molecule has 134 valence electrons. The molecule has 0 radical (unpaired) electrons. The van der Waals surface area contributed by atoms with Gasteiger partial charge in [0, 0.05) is 6.54 Å². The highest BCUT2D eigenvalue weighted by Crippen LogP contribution is 2.49. The van der Waals surface area contributed by atoms with Crippen LogP contribution >= 0.6 is 17.1 Å². The number of likely N-dealkylation sites (N-methyl/N-ethyl adjacent to an activating group) is 1. The van der Waals surface area contributed by atoms with Gasteiger partial charge in [0.25, 0.3) is 0 Å². The number of hydrogen-bond donors (Lipinski definition) is 0. The van der Waals surface area contributed by atoms with Gasteiger partial charge in [0.2, 0.25) is 0 Å². The number of phosphoric acid groups is 1. The zero-order valence-corrected chi connectivity index (χ0v) is 16.8. The summed E-state index contributed by atoms with van der Waals surface area (Å²) in [5, 5.41) is 0. The molecule has 0 fully saturated rings. The molecule has 5 nitrogen and oxygen atoms in total. The number of nitrogens with zero attached hydrogens (tertiary/aromatic N) is 1. The molecule has 0 aliphatic rings. The fourth-order valence-corrected chi connectivity index (χ4v) is 2.32. The third-order valence-electron chi connectivity index (χ3n) is 2.45. The van der Waals surface area contributed by atoms with Crippen LogP contribution in [0.25, 0.3) is 0 Å². The summed E-state index contributed by atoms with van der Waals surface area (Å²) in [6.45, 7) is 9.45. The van der Waals surface area contributed by atoms with Gasteiger partial charge in [-0.1, -0.05) is 32.8 Å². The topological polar surface area (TPSA) is 48.0 Å². The maximum atomic E-state index is 12.3. The van der Waals surface area contributed by atoms with Crippen LogP contribution in [0.15, 0.2) is 12.7 Å². The van der Waals surface area contributed by atoms with Crippen LogP contribution in [-0.2, 0) is 18.1 Å². The molecule has 0 aromatic rings. The fraction of sp³-hybridized carbons (Fsp3) is 0.867. The van der Waals surface area contributed by atoms with E-state index in [-0.39, 0.29) is 0 Å². The highest BCUT2D eigenvalue weighted by atomic mass is 31.2. The van der Waals surface area contributed by atoms with Crippen molar-refractivity contribution in [3.63, 3.8) is 0 Å². The van der Waals surface area contributed by atoms with Crippen LogP contribution < -0.4 is 0 Å². The van der Waals surface area contributed by atoms with Crippen molar-refractivity contribution < 1.29 is 18.1 Å². The zero-order chi connectivity index (χ0) is 17.3. The van der Waals surface area contributed by atoms with Crippen LogP contribution in [-0.4, -0.2) is 51.5 Å². The average Bonchev–Trinajstić information content (AvgIpc) is 2.48. The van der Waals surface area contributed by atoms with Crippen molar-refractivity contribution >= 4 is 17.1 Å². The minimum Gasteiger partial charge on any atom is -0.307 e. The van der Waals surface area contributed by atoms with Gasteiger partial charge in [0.15, 0.2) is 0 Å². The molecule has 0 amide bonds. The van der Waals surface area contributed by atoms with Gasteiger partial charge in [-0.3, -0.25) is 13.6 Å². The predicted molar refractivity (Wildman–Crippen MR) is 98.6 cm³/mol. The molecule has 0 aromatic carbocycles. The Labute approximate surface area is 139 Å².